The molecule has 0 aliphatic carbocycles. The number of methoxy groups -OCH3 is 3. The lowest BCUT2D eigenvalue weighted by Crippen LogP contribution is -2.36. The zero-order chi connectivity index (χ0) is 23.5. The van der Waals surface area contributed by atoms with E-state index in [9.17, 15) is 14.4 Å². The Balaban J connectivity index is 1.48. The molecule has 3 amide bonds. The number of nitrogens with one attached hydrogen (secondary N) is 1. The number of nitrogens with zero attached hydrogens (tertiary/aromatic N) is 1. The molecule has 0 bridgehead atoms. The molecule has 0 atom stereocenters. The van der Waals surface area contributed by atoms with Crippen LogP contribution >= 0.6 is 11.8 Å². The van der Waals surface area contributed by atoms with Crippen molar-refractivity contribution in [2.24, 2.45) is 0 Å². The average Bonchev–Trinajstić information content (AvgIpc) is 3.37. The quantitative estimate of drug-likeness (QED) is 0.607. The van der Waals surface area contributed by atoms with Gasteiger partial charge < -0.3 is 29.0 Å². The van der Waals surface area contributed by atoms with E-state index in [0.717, 1.165) is 16.7 Å². The van der Waals surface area contributed by atoms with Gasteiger partial charge in [0.1, 0.15) is 6.54 Å². The van der Waals surface area contributed by atoms with E-state index in [1.165, 1.54) is 27.4 Å². The van der Waals surface area contributed by atoms with E-state index in [-0.39, 0.29) is 11.7 Å². The van der Waals surface area contributed by atoms with E-state index in [2.05, 4.69) is 5.32 Å². The summed E-state index contributed by atoms with van der Waals surface area (Å²) < 4.78 is 26.4. The van der Waals surface area contributed by atoms with Crippen molar-refractivity contribution in [1.82, 2.24) is 4.90 Å². The number of anilines is 1. The van der Waals surface area contributed by atoms with Gasteiger partial charge in [-0.1, -0.05) is 0 Å². The Bertz CT molecular complexity index is 1140. The number of hydrogen-bond acceptors (Lipinski definition) is 9. The zero-order valence-corrected chi connectivity index (χ0v) is 18.8. The summed E-state index contributed by atoms with van der Waals surface area (Å²) in [5.74, 6) is 1.22. The first-order valence-corrected chi connectivity index (χ1v) is 10.5. The summed E-state index contributed by atoms with van der Waals surface area (Å²) >= 11 is 0.747. The number of rotatable bonds is 7. The van der Waals surface area contributed by atoms with Crippen LogP contribution < -0.4 is 29.0 Å². The topological polar surface area (TPSA) is 113 Å². The number of ether oxygens (including phenoxy) is 5. The first kappa shape index (κ1) is 22.3. The summed E-state index contributed by atoms with van der Waals surface area (Å²) in [4.78, 5) is 38.7. The van der Waals surface area contributed by atoms with Gasteiger partial charge in [-0.3, -0.25) is 19.3 Å². The van der Waals surface area contributed by atoms with Gasteiger partial charge in [0.25, 0.3) is 11.1 Å². The fraction of sp³-hybridized carbons (Fsp3) is 0.227. The number of carbonyl (C=O) groups excluding carboxylic acids is 3. The van der Waals surface area contributed by atoms with Gasteiger partial charge in [0.2, 0.25) is 18.4 Å². The number of imide groups is 1. The van der Waals surface area contributed by atoms with Gasteiger partial charge in [-0.05, 0) is 47.7 Å². The minimum absolute atomic E-state index is 0.113. The van der Waals surface area contributed by atoms with E-state index in [1.54, 1.807) is 30.3 Å². The maximum atomic E-state index is 12.8. The third kappa shape index (κ3) is 4.53. The van der Waals surface area contributed by atoms with Crippen LogP contribution in [0.4, 0.5) is 10.5 Å². The van der Waals surface area contributed by atoms with Crippen LogP contribution in [0.1, 0.15) is 5.56 Å². The molecule has 2 aliphatic heterocycles. The van der Waals surface area contributed by atoms with Crippen molar-refractivity contribution in [1.29, 1.82) is 0 Å². The predicted molar refractivity (Wildman–Crippen MR) is 120 cm³/mol. The first-order valence-electron chi connectivity index (χ1n) is 9.68. The molecule has 2 aromatic rings. The normalized spacial score (nSPS) is 15.7. The molecule has 1 fully saturated rings. The second-order valence-electron chi connectivity index (χ2n) is 6.84. The molecule has 172 valence electrons. The van der Waals surface area contributed by atoms with Crippen molar-refractivity contribution in [2.75, 3.05) is 40.0 Å². The van der Waals surface area contributed by atoms with Crippen LogP contribution in [0.15, 0.2) is 35.2 Å². The molecule has 1 saturated heterocycles. The van der Waals surface area contributed by atoms with Gasteiger partial charge in [0.15, 0.2) is 23.0 Å². The highest BCUT2D eigenvalue weighted by atomic mass is 32.2. The number of amides is 3. The highest BCUT2D eigenvalue weighted by Gasteiger charge is 2.36. The second-order valence-corrected chi connectivity index (χ2v) is 7.84. The Morgan fingerprint density at radius 2 is 1.76 bits per heavy atom. The number of carbonyl (C=O) groups is 3. The minimum Gasteiger partial charge on any atom is -0.493 e. The van der Waals surface area contributed by atoms with Crippen LogP contribution in [0.25, 0.3) is 6.08 Å². The highest BCUT2D eigenvalue weighted by molar-refractivity contribution is 8.18. The highest BCUT2D eigenvalue weighted by Crippen LogP contribution is 2.40. The fourth-order valence-electron chi connectivity index (χ4n) is 3.29. The molecule has 0 unspecified atom stereocenters. The predicted octanol–water partition coefficient (Wildman–Crippen LogP) is 3.12. The van der Waals surface area contributed by atoms with Gasteiger partial charge in [-0.15, -0.1) is 0 Å². The molecular formula is C22H20N2O8S. The molecule has 0 saturated carbocycles. The van der Waals surface area contributed by atoms with Gasteiger partial charge in [-0.25, -0.2) is 0 Å². The Morgan fingerprint density at radius 1 is 1.06 bits per heavy atom. The van der Waals surface area contributed by atoms with E-state index >= 15 is 0 Å². The summed E-state index contributed by atoms with van der Waals surface area (Å²) in [5, 5.41) is 2.11. The molecule has 2 heterocycles. The SMILES string of the molecule is COc1cc(/C=C2/SC(=O)N(CC(=O)Nc3ccc4c(c3)OCO4)C2=O)cc(OC)c1OC. The Morgan fingerprint density at radius 3 is 2.42 bits per heavy atom. The van der Waals surface area contributed by atoms with Gasteiger partial charge >= 0.3 is 0 Å². The van der Waals surface area contributed by atoms with E-state index < -0.39 is 23.6 Å². The van der Waals surface area contributed by atoms with Crippen molar-refractivity contribution in [3.63, 3.8) is 0 Å². The lowest BCUT2D eigenvalue weighted by molar-refractivity contribution is -0.127. The van der Waals surface area contributed by atoms with Crippen molar-refractivity contribution < 1.29 is 38.1 Å². The second kappa shape index (κ2) is 9.33. The summed E-state index contributed by atoms with van der Waals surface area (Å²) in [6.07, 6.45) is 1.53. The summed E-state index contributed by atoms with van der Waals surface area (Å²) in [7, 11) is 4.45. The maximum absolute atomic E-state index is 12.8. The third-order valence-electron chi connectivity index (χ3n) is 4.82. The average molecular weight is 472 g/mol. The van der Waals surface area contributed by atoms with E-state index in [1.807, 2.05) is 0 Å². The summed E-state index contributed by atoms with van der Waals surface area (Å²) in [5.41, 5.74) is 1.03. The van der Waals surface area contributed by atoms with Crippen molar-refractivity contribution in [3.8, 4) is 28.7 Å². The molecule has 33 heavy (non-hydrogen) atoms. The van der Waals surface area contributed by atoms with Gasteiger partial charge in [0, 0.05) is 11.8 Å². The van der Waals surface area contributed by atoms with Gasteiger partial charge in [-0.2, -0.15) is 0 Å². The Labute approximate surface area is 193 Å². The van der Waals surface area contributed by atoms with Crippen molar-refractivity contribution in [3.05, 3.63) is 40.8 Å². The molecule has 0 spiro atoms. The van der Waals surface area contributed by atoms with Crippen LogP contribution in [0.3, 0.4) is 0 Å². The van der Waals surface area contributed by atoms with Crippen LogP contribution in [0.2, 0.25) is 0 Å². The summed E-state index contributed by atoms with van der Waals surface area (Å²) in [6.45, 7) is -0.312. The molecule has 4 rings (SSSR count). The van der Waals surface area contributed by atoms with Crippen LogP contribution in [0.5, 0.6) is 28.7 Å². The number of benzene rings is 2. The molecule has 2 aromatic carbocycles. The lowest BCUT2D eigenvalue weighted by Gasteiger charge is -2.13. The molecule has 11 heteroatoms. The lowest BCUT2D eigenvalue weighted by atomic mass is 10.1. The number of hydrogen-bond donors (Lipinski definition) is 1. The largest absolute Gasteiger partial charge is 0.493 e. The fourth-order valence-corrected chi connectivity index (χ4v) is 4.13. The molecule has 1 N–H and O–H groups in total. The first-order chi connectivity index (χ1) is 15.9. The smallest absolute Gasteiger partial charge is 0.294 e. The number of fused-ring (bicyclic) bond motifs is 1. The standard InChI is InChI=1S/C22H20N2O8S/c1-28-16-6-12(7-17(29-2)20(16)30-3)8-18-21(26)24(22(27)33-18)10-19(25)23-13-4-5-14-15(9-13)32-11-31-14/h4-9H,10-11H2,1-3H3,(H,23,25)/b18-8+. The number of thioether (sulfide) groups is 1. The van der Waals surface area contributed by atoms with Gasteiger partial charge in [0.05, 0.1) is 26.2 Å². The molecule has 2 aliphatic rings. The van der Waals surface area contributed by atoms with Crippen molar-refractivity contribution >= 4 is 40.6 Å². The summed E-state index contributed by atoms with van der Waals surface area (Å²) in [6, 6.07) is 8.23. The maximum Gasteiger partial charge on any atom is 0.294 e. The third-order valence-corrected chi connectivity index (χ3v) is 5.72. The van der Waals surface area contributed by atoms with Crippen LogP contribution in [-0.4, -0.2) is 56.6 Å². The van der Waals surface area contributed by atoms with E-state index in [4.69, 9.17) is 23.7 Å². The van der Waals surface area contributed by atoms with E-state index in [0.29, 0.717) is 40.0 Å². The Hall–Kier alpha value is -3.86. The zero-order valence-electron chi connectivity index (χ0n) is 18.0. The molecular weight excluding hydrogens is 452 g/mol. The van der Waals surface area contributed by atoms with Crippen molar-refractivity contribution in [2.45, 2.75) is 0 Å². The molecule has 10 nitrogen and oxygen atoms in total. The molecule has 0 aromatic heterocycles. The van der Waals surface area contributed by atoms with Crippen LogP contribution in [0, 0.1) is 0 Å². The molecule has 0 radical (unpaired) electrons. The minimum atomic E-state index is -0.570. The Kier molecular flexibility index (Phi) is 6.31. The van der Waals surface area contributed by atoms with Crippen LogP contribution in [-0.2, 0) is 9.59 Å². The monoisotopic (exact) mass is 472 g/mol.